The van der Waals surface area contributed by atoms with Crippen molar-refractivity contribution in [2.24, 2.45) is 5.73 Å². The molecule has 0 saturated heterocycles. The highest BCUT2D eigenvalue weighted by Gasteiger charge is 2.11. The van der Waals surface area contributed by atoms with Crippen molar-refractivity contribution in [1.82, 2.24) is 4.57 Å². The number of rotatable bonds is 3. The second-order valence-corrected chi connectivity index (χ2v) is 4.63. The molecule has 0 radical (unpaired) electrons. The van der Waals surface area contributed by atoms with Crippen LogP contribution in [0.25, 0.3) is 5.69 Å². The molecule has 1 heterocycles. The molecule has 0 spiro atoms. The number of hydrogen-bond donors (Lipinski definition) is 1. The van der Waals surface area contributed by atoms with Gasteiger partial charge in [0.15, 0.2) is 0 Å². The highest BCUT2D eigenvalue weighted by atomic mass is 35.5. The molecular formula is C14H17ClN2. The molecule has 2 rings (SSSR count). The fourth-order valence-corrected chi connectivity index (χ4v) is 2.46. The summed E-state index contributed by atoms with van der Waals surface area (Å²) in [5, 5.41) is 0.772. The maximum atomic E-state index is 6.24. The lowest BCUT2D eigenvalue weighted by atomic mass is 10.2. The zero-order chi connectivity index (χ0) is 12.4. The van der Waals surface area contributed by atoms with E-state index < -0.39 is 0 Å². The van der Waals surface area contributed by atoms with Crippen molar-refractivity contribution < 1.29 is 0 Å². The third kappa shape index (κ3) is 2.24. The SMILES string of the molecule is Cc1cc(CCN)c(C)n1-c1ccccc1Cl. The van der Waals surface area contributed by atoms with Gasteiger partial charge in [-0.2, -0.15) is 0 Å². The molecule has 0 amide bonds. The molecule has 0 aliphatic carbocycles. The molecule has 0 aliphatic rings. The Labute approximate surface area is 107 Å². The number of nitrogens with zero attached hydrogens (tertiary/aromatic N) is 1. The molecular weight excluding hydrogens is 232 g/mol. The van der Waals surface area contributed by atoms with Crippen molar-refractivity contribution >= 4 is 11.6 Å². The molecule has 0 aliphatic heterocycles. The van der Waals surface area contributed by atoms with Crippen molar-refractivity contribution in [3.8, 4) is 5.69 Å². The standard InChI is InChI=1S/C14H17ClN2/c1-10-9-12(7-8-16)11(2)17(10)14-6-4-3-5-13(14)15/h3-6,9H,7-8,16H2,1-2H3. The number of hydrogen-bond acceptors (Lipinski definition) is 1. The highest BCUT2D eigenvalue weighted by molar-refractivity contribution is 6.32. The third-order valence-corrected chi connectivity index (χ3v) is 3.36. The van der Waals surface area contributed by atoms with Crippen LogP contribution >= 0.6 is 11.6 Å². The van der Waals surface area contributed by atoms with Gasteiger partial charge in [0, 0.05) is 11.4 Å². The van der Waals surface area contributed by atoms with Gasteiger partial charge in [0.25, 0.3) is 0 Å². The number of benzene rings is 1. The van der Waals surface area contributed by atoms with Crippen LogP contribution in [0.1, 0.15) is 17.0 Å². The molecule has 90 valence electrons. The van der Waals surface area contributed by atoms with Gasteiger partial charge in [-0.25, -0.2) is 0 Å². The van der Waals surface area contributed by atoms with Crippen LogP contribution < -0.4 is 5.73 Å². The topological polar surface area (TPSA) is 30.9 Å². The molecule has 1 aromatic carbocycles. The van der Waals surface area contributed by atoms with Crippen LogP contribution in [0.4, 0.5) is 0 Å². The van der Waals surface area contributed by atoms with Crippen molar-refractivity contribution in [3.63, 3.8) is 0 Å². The fraction of sp³-hybridized carbons (Fsp3) is 0.286. The van der Waals surface area contributed by atoms with E-state index in [4.69, 9.17) is 17.3 Å². The lowest BCUT2D eigenvalue weighted by Crippen LogP contribution is -2.04. The fourth-order valence-electron chi connectivity index (χ4n) is 2.24. The van der Waals surface area contributed by atoms with Gasteiger partial charge < -0.3 is 10.3 Å². The van der Waals surface area contributed by atoms with Gasteiger partial charge in [0.2, 0.25) is 0 Å². The van der Waals surface area contributed by atoms with E-state index in [-0.39, 0.29) is 0 Å². The van der Waals surface area contributed by atoms with Crippen molar-refractivity contribution in [3.05, 3.63) is 52.3 Å². The quantitative estimate of drug-likeness (QED) is 0.888. The molecule has 2 aromatic rings. The van der Waals surface area contributed by atoms with E-state index in [0.29, 0.717) is 6.54 Å². The van der Waals surface area contributed by atoms with Gasteiger partial charge in [0.05, 0.1) is 10.7 Å². The predicted octanol–water partition coefficient (Wildman–Crippen LogP) is 3.25. The summed E-state index contributed by atoms with van der Waals surface area (Å²) in [5.74, 6) is 0. The summed E-state index contributed by atoms with van der Waals surface area (Å²) < 4.78 is 2.19. The molecule has 0 bridgehead atoms. The zero-order valence-corrected chi connectivity index (χ0v) is 11.0. The molecule has 0 unspecified atom stereocenters. The summed E-state index contributed by atoms with van der Waals surface area (Å²) in [7, 11) is 0. The average molecular weight is 249 g/mol. The number of aryl methyl sites for hydroxylation is 1. The zero-order valence-electron chi connectivity index (χ0n) is 10.2. The maximum Gasteiger partial charge on any atom is 0.0646 e. The van der Waals surface area contributed by atoms with Crippen molar-refractivity contribution in [1.29, 1.82) is 0 Å². The van der Waals surface area contributed by atoms with Crippen LogP contribution in [0, 0.1) is 13.8 Å². The minimum atomic E-state index is 0.673. The van der Waals surface area contributed by atoms with Gasteiger partial charge in [0.1, 0.15) is 0 Å². The Hall–Kier alpha value is -1.25. The average Bonchev–Trinajstić information content (AvgIpc) is 2.57. The van der Waals surface area contributed by atoms with E-state index in [1.165, 1.54) is 17.0 Å². The number of para-hydroxylation sites is 1. The van der Waals surface area contributed by atoms with Crippen LogP contribution in [0.2, 0.25) is 5.02 Å². The second kappa shape index (κ2) is 4.94. The first-order valence-electron chi connectivity index (χ1n) is 5.78. The molecule has 2 nitrogen and oxygen atoms in total. The maximum absolute atomic E-state index is 6.24. The Kier molecular flexibility index (Phi) is 3.55. The van der Waals surface area contributed by atoms with E-state index in [1.54, 1.807) is 0 Å². The van der Waals surface area contributed by atoms with E-state index in [0.717, 1.165) is 17.1 Å². The monoisotopic (exact) mass is 248 g/mol. The number of aromatic nitrogens is 1. The Balaban J connectivity index is 2.56. The first kappa shape index (κ1) is 12.2. The molecule has 0 fully saturated rings. The summed E-state index contributed by atoms with van der Waals surface area (Å²) in [6.45, 7) is 4.88. The first-order chi connectivity index (χ1) is 8.15. The molecule has 0 atom stereocenters. The van der Waals surface area contributed by atoms with E-state index in [9.17, 15) is 0 Å². The van der Waals surface area contributed by atoms with E-state index in [2.05, 4.69) is 24.5 Å². The predicted molar refractivity (Wildman–Crippen MR) is 73.0 cm³/mol. The summed E-state index contributed by atoms with van der Waals surface area (Å²) in [6.07, 6.45) is 0.907. The Morgan fingerprint density at radius 1 is 1.24 bits per heavy atom. The summed E-state index contributed by atoms with van der Waals surface area (Å²) in [4.78, 5) is 0. The van der Waals surface area contributed by atoms with Gasteiger partial charge in [-0.05, 0) is 50.6 Å². The first-order valence-corrected chi connectivity index (χ1v) is 6.15. The molecule has 1 aromatic heterocycles. The largest absolute Gasteiger partial charge is 0.330 e. The number of halogens is 1. The van der Waals surface area contributed by atoms with Gasteiger partial charge in [-0.1, -0.05) is 23.7 Å². The molecule has 2 N–H and O–H groups in total. The second-order valence-electron chi connectivity index (χ2n) is 4.22. The minimum Gasteiger partial charge on any atom is -0.330 e. The lowest BCUT2D eigenvalue weighted by Gasteiger charge is -2.11. The van der Waals surface area contributed by atoms with Crippen LogP contribution in [0.15, 0.2) is 30.3 Å². The minimum absolute atomic E-state index is 0.673. The van der Waals surface area contributed by atoms with Gasteiger partial charge in [-0.3, -0.25) is 0 Å². The van der Waals surface area contributed by atoms with Crippen LogP contribution in [-0.2, 0) is 6.42 Å². The Bertz CT molecular complexity index is 529. The van der Waals surface area contributed by atoms with Crippen LogP contribution in [0.5, 0.6) is 0 Å². The molecule has 0 saturated carbocycles. The van der Waals surface area contributed by atoms with Gasteiger partial charge >= 0.3 is 0 Å². The van der Waals surface area contributed by atoms with E-state index in [1.807, 2.05) is 24.3 Å². The van der Waals surface area contributed by atoms with Gasteiger partial charge in [-0.15, -0.1) is 0 Å². The Morgan fingerprint density at radius 3 is 2.59 bits per heavy atom. The normalized spacial score (nSPS) is 10.8. The third-order valence-electron chi connectivity index (χ3n) is 3.04. The number of nitrogens with two attached hydrogens (primary N) is 1. The summed E-state index contributed by atoms with van der Waals surface area (Å²) in [5.41, 5.74) is 10.4. The highest BCUT2D eigenvalue weighted by Crippen LogP contribution is 2.26. The van der Waals surface area contributed by atoms with Crippen LogP contribution in [0.3, 0.4) is 0 Å². The van der Waals surface area contributed by atoms with Crippen molar-refractivity contribution in [2.45, 2.75) is 20.3 Å². The molecule has 17 heavy (non-hydrogen) atoms. The molecule has 3 heteroatoms. The summed E-state index contributed by atoms with van der Waals surface area (Å²) in [6, 6.07) is 10.1. The summed E-state index contributed by atoms with van der Waals surface area (Å²) >= 11 is 6.24. The smallest absolute Gasteiger partial charge is 0.0646 e. The Morgan fingerprint density at radius 2 is 1.94 bits per heavy atom. The van der Waals surface area contributed by atoms with Crippen molar-refractivity contribution in [2.75, 3.05) is 6.54 Å². The lowest BCUT2D eigenvalue weighted by molar-refractivity contribution is 0.921. The van der Waals surface area contributed by atoms with Crippen LogP contribution in [-0.4, -0.2) is 11.1 Å². The van der Waals surface area contributed by atoms with E-state index >= 15 is 0 Å².